The molecule has 104 valence electrons. The van der Waals surface area contributed by atoms with Crippen LogP contribution in [0.3, 0.4) is 0 Å². The van der Waals surface area contributed by atoms with Crippen molar-refractivity contribution in [3.63, 3.8) is 0 Å². The molecule has 0 fully saturated rings. The molecule has 21 heavy (non-hydrogen) atoms. The Balaban J connectivity index is 1.67. The van der Waals surface area contributed by atoms with Gasteiger partial charge in [0.05, 0.1) is 20.6 Å². The number of para-hydroxylation sites is 1. The van der Waals surface area contributed by atoms with Gasteiger partial charge in [-0.25, -0.2) is 4.98 Å². The fourth-order valence-electron chi connectivity index (χ4n) is 2.51. The Kier molecular flexibility index (Phi) is 3.42. The maximum absolute atomic E-state index is 6.66. The third kappa shape index (κ3) is 2.46. The first-order valence-corrected chi connectivity index (χ1v) is 8.89. The number of hydrogen-bond acceptors (Lipinski definition) is 3. The predicted octanol–water partition coefficient (Wildman–Crippen LogP) is 6.03. The number of hydrogen-bond donors (Lipinski definition) is 0. The van der Waals surface area contributed by atoms with Crippen molar-refractivity contribution in [1.29, 1.82) is 0 Å². The van der Waals surface area contributed by atoms with Crippen LogP contribution in [0.5, 0.6) is 0 Å². The van der Waals surface area contributed by atoms with Crippen LogP contribution in [0.2, 0.25) is 0 Å². The third-order valence-corrected chi connectivity index (χ3v) is 5.97. The SMILES string of the molecule is ClC(Cc1nc2ccccc2s1)c1csc2ccccc12. The van der Waals surface area contributed by atoms with Gasteiger partial charge in [-0.3, -0.25) is 0 Å². The van der Waals surface area contributed by atoms with E-state index in [0.717, 1.165) is 16.9 Å². The summed E-state index contributed by atoms with van der Waals surface area (Å²) in [5, 5.41) is 4.52. The van der Waals surface area contributed by atoms with Gasteiger partial charge in [0, 0.05) is 11.1 Å². The lowest BCUT2D eigenvalue weighted by Gasteiger charge is -2.06. The van der Waals surface area contributed by atoms with Crippen molar-refractivity contribution in [3.8, 4) is 0 Å². The first kappa shape index (κ1) is 13.3. The van der Waals surface area contributed by atoms with Crippen LogP contribution in [0.25, 0.3) is 20.3 Å². The Morgan fingerprint density at radius 2 is 1.76 bits per heavy atom. The zero-order chi connectivity index (χ0) is 14.2. The van der Waals surface area contributed by atoms with Gasteiger partial charge in [-0.15, -0.1) is 34.3 Å². The highest BCUT2D eigenvalue weighted by Crippen LogP contribution is 2.36. The van der Waals surface area contributed by atoms with Crippen molar-refractivity contribution in [2.45, 2.75) is 11.8 Å². The zero-order valence-corrected chi connectivity index (χ0v) is 13.5. The predicted molar refractivity (Wildman–Crippen MR) is 93.7 cm³/mol. The topological polar surface area (TPSA) is 12.9 Å². The molecule has 0 spiro atoms. The molecule has 0 aliphatic carbocycles. The first-order valence-electron chi connectivity index (χ1n) is 6.76. The quantitative estimate of drug-likeness (QED) is 0.418. The van der Waals surface area contributed by atoms with Crippen LogP contribution in [-0.2, 0) is 6.42 Å². The van der Waals surface area contributed by atoms with Crippen molar-refractivity contribution in [2.24, 2.45) is 0 Å². The minimum absolute atomic E-state index is 0.0262. The monoisotopic (exact) mass is 329 g/mol. The highest BCUT2D eigenvalue weighted by Gasteiger charge is 2.16. The maximum atomic E-state index is 6.66. The molecule has 1 unspecified atom stereocenters. The lowest BCUT2D eigenvalue weighted by Crippen LogP contribution is -1.94. The fraction of sp³-hybridized carbons (Fsp3) is 0.118. The highest BCUT2D eigenvalue weighted by molar-refractivity contribution is 7.18. The average molecular weight is 330 g/mol. The molecule has 4 heteroatoms. The van der Waals surface area contributed by atoms with Crippen LogP contribution >= 0.6 is 34.3 Å². The van der Waals surface area contributed by atoms with Crippen LogP contribution in [0.15, 0.2) is 53.9 Å². The summed E-state index contributed by atoms with van der Waals surface area (Å²) in [7, 11) is 0. The van der Waals surface area contributed by atoms with Gasteiger partial charge in [0.25, 0.3) is 0 Å². The van der Waals surface area contributed by atoms with Gasteiger partial charge in [0.1, 0.15) is 0 Å². The zero-order valence-electron chi connectivity index (χ0n) is 11.1. The third-order valence-electron chi connectivity index (χ3n) is 3.54. The van der Waals surface area contributed by atoms with Crippen LogP contribution in [0, 0.1) is 0 Å². The Labute approximate surface area is 135 Å². The molecule has 1 atom stereocenters. The second-order valence-corrected chi connectivity index (χ2v) is 7.49. The average Bonchev–Trinajstić information content (AvgIpc) is 3.10. The number of alkyl halides is 1. The lowest BCUT2D eigenvalue weighted by atomic mass is 10.1. The van der Waals surface area contributed by atoms with Gasteiger partial charge in [0.15, 0.2) is 0 Å². The van der Waals surface area contributed by atoms with Crippen molar-refractivity contribution >= 4 is 54.6 Å². The van der Waals surface area contributed by atoms with Crippen molar-refractivity contribution in [3.05, 3.63) is 64.5 Å². The van der Waals surface area contributed by atoms with Crippen LogP contribution in [0.1, 0.15) is 15.9 Å². The number of halogens is 1. The molecule has 2 aromatic heterocycles. The van der Waals surface area contributed by atoms with Gasteiger partial charge in [-0.1, -0.05) is 30.3 Å². The number of rotatable bonds is 3. The van der Waals surface area contributed by atoms with Crippen molar-refractivity contribution < 1.29 is 0 Å². The summed E-state index contributed by atoms with van der Waals surface area (Å²) in [5.41, 5.74) is 2.29. The Bertz CT molecular complexity index is 876. The summed E-state index contributed by atoms with van der Waals surface area (Å²) in [6.45, 7) is 0. The molecule has 4 aromatic rings. The molecule has 0 bridgehead atoms. The summed E-state index contributed by atoms with van der Waals surface area (Å²) in [6, 6.07) is 16.7. The molecular formula is C17H12ClNS2. The number of thiophene rings is 1. The van der Waals surface area contributed by atoms with Crippen LogP contribution < -0.4 is 0 Å². The number of thiazole rings is 1. The summed E-state index contributed by atoms with van der Waals surface area (Å²) in [4.78, 5) is 4.68. The second kappa shape index (κ2) is 5.41. The van der Waals surface area contributed by atoms with Crippen molar-refractivity contribution in [1.82, 2.24) is 4.98 Å². The second-order valence-electron chi connectivity index (χ2n) is 4.93. The number of aromatic nitrogens is 1. The molecule has 0 aliphatic rings. The fourth-order valence-corrected chi connectivity index (χ4v) is 5.03. The smallest absolute Gasteiger partial charge is 0.0956 e. The minimum atomic E-state index is -0.0262. The van der Waals surface area contributed by atoms with E-state index in [4.69, 9.17) is 11.6 Å². The van der Waals surface area contributed by atoms with E-state index in [0.29, 0.717) is 0 Å². The van der Waals surface area contributed by atoms with E-state index in [-0.39, 0.29) is 5.38 Å². The van der Waals surface area contributed by atoms with Gasteiger partial charge < -0.3 is 0 Å². The Morgan fingerprint density at radius 1 is 1.00 bits per heavy atom. The number of nitrogens with zero attached hydrogens (tertiary/aromatic N) is 1. The van der Waals surface area contributed by atoms with E-state index < -0.39 is 0 Å². The molecule has 1 nitrogen and oxygen atoms in total. The van der Waals surface area contributed by atoms with Gasteiger partial charge >= 0.3 is 0 Å². The summed E-state index contributed by atoms with van der Waals surface area (Å²) in [5.74, 6) is 0. The Hall–Kier alpha value is -1.42. The molecule has 2 heterocycles. The highest BCUT2D eigenvalue weighted by atomic mass is 35.5. The molecule has 0 aliphatic heterocycles. The molecular weight excluding hydrogens is 318 g/mol. The van der Waals surface area contributed by atoms with E-state index in [9.17, 15) is 0 Å². The molecule has 0 N–H and O–H groups in total. The van der Waals surface area contributed by atoms with E-state index in [2.05, 4.69) is 52.8 Å². The minimum Gasteiger partial charge on any atom is -0.241 e. The van der Waals surface area contributed by atoms with Gasteiger partial charge in [-0.05, 0) is 34.5 Å². The first-order chi connectivity index (χ1) is 10.3. The van der Waals surface area contributed by atoms with Crippen LogP contribution in [-0.4, -0.2) is 4.98 Å². The molecule has 0 amide bonds. The van der Waals surface area contributed by atoms with Gasteiger partial charge in [0.2, 0.25) is 0 Å². The lowest BCUT2D eigenvalue weighted by molar-refractivity contribution is 0.922. The van der Waals surface area contributed by atoms with E-state index >= 15 is 0 Å². The van der Waals surface area contributed by atoms with E-state index in [1.807, 2.05) is 6.07 Å². The van der Waals surface area contributed by atoms with E-state index in [1.165, 1.54) is 20.3 Å². The molecule has 4 rings (SSSR count). The molecule has 0 radical (unpaired) electrons. The summed E-state index contributed by atoms with van der Waals surface area (Å²) in [6.07, 6.45) is 0.779. The van der Waals surface area contributed by atoms with Gasteiger partial charge in [-0.2, -0.15) is 0 Å². The summed E-state index contributed by atoms with van der Waals surface area (Å²) >= 11 is 10.2. The standard InChI is InChI=1S/C17H12ClNS2/c18-13(12-10-20-15-7-3-1-5-11(12)15)9-17-19-14-6-2-4-8-16(14)21-17/h1-8,10,13H,9H2. The largest absolute Gasteiger partial charge is 0.241 e. The number of benzene rings is 2. The molecule has 2 aromatic carbocycles. The maximum Gasteiger partial charge on any atom is 0.0956 e. The Morgan fingerprint density at radius 3 is 2.62 bits per heavy atom. The van der Waals surface area contributed by atoms with Crippen LogP contribution in [0.4, 0.5) is 0 Å². The van der Waals surface area contributed by atoms with E-state index in [1.54, 1.807) is 22.7 Å². The molecule has 0 saturated heterocycles. The van der Waals surface area contributed by atoms with Crippen molar-refractivity contribution in [2.75, 3.05) is 0 Å². The normalized spacial score (nSPS) is 13.0. The summed E-state index contributed by atoms with van der Waals surface area (Å²) < 4.78 is 2.52. The molecule has 0 saturated carbocycles. The number of fused-ring (bicyclic) bond motifs is 2.